The van der Waals surface area contributed by atoms with Gasteiger partial charge in [-0.15, -0.1) is 0 Å². The van der Waals surface area contributed by atoms with E-state index in [0.717, 1.165) is 4.47 Å². The van der Waals surface area contributed by atoms with Gasteiger partial charge >= 0.3 is 0 Å². The molecule has 0 aliphatic heterocycles. The van der Waals surface area contributed by atoms with Crippen LogP contribution in [0.1, 0.15) is 6.42 Å². The summed E-state index contributed by atoms with van der Waals surface area (Å²) < 4.78 is 12.0. The Morgan fingerprint density at radius 1 is 0.733 bits per heavy atom. The van der Waals surface area contributed by atoms with Gasteiger partial charge in [-0.2, -0.15) is 0 Å². The predicted molar refractivity (Wildman–Crippen MR) is 120 cm³/mol. The van der Waals surface area contributed by atoms with E-state index in [1.807, 2.05) is 42.5 Å². The Kier molecular flexibility index (Phi) is 7.86. The molecule has 0 bridgehead atoms. The molecule has 3 aromatic carbocycles. The summed E-state index contributed by atoms with van der Waals surface area (Å²) in [5.74, 6) is 0.743. The van der Waals surface area contributed by atoms with Crippen LogP contribution in [0, 0.1) is 0 Å². The molecular weight excluding hydrogens is 448 g/mol. The molecule has 0 fully saturated rings. The summed E-state index contributed by atoms with van der Waals surface area (Å²) in [7, 11) is 0. The number of benzene rings is 3. The molecule has 3 rings (SSSR count). The van der Waals surface area contributed by atoms with Gasteiger partial charge in [-0.05, 0) is 42.5 Å². The fourth-order valence-corrected chi connectivity index (χ4v) is 2.95. The second-order valence-corrected chi connectivity index (χ2v) is 7.25. The van der Waals surface area contributed by atoms with Gasteiger partial charge in [0.25, 0.3) is 5.91 Å². The minimum absolute atomic E-state index is 0.132. The predicted octanol–water partition coefficient (Wildman–Crippen LogP) is 4.87. The van der Waals surface area contributed by atoms with Crippen LogP contribution in [-0.4, -0.2) is 25.0 Å². The van der Waals surface area contributed by atoms with Crippen molar-refractivity contribution in [2.75, 3.05) is 23.8 Å². The summed E-state index contributed by atoms with van der Waals surface area (Å²) in [5.41, 5.74) is 1.29. The summed E-state index contributed by atoms with van der Waals surface area (Å²) in [6.45, 7) is 0.130. The zero-order chi connectivity index (χ0) is 21.2. The van der Waals surface area contributed by atoms with Gasteiger partial charge in [-0.3, -0.25) is 9.59 Å². The fourth-order valence-electron chi connectivity index (χ4n) is 2.57. The third kappa shape index (κ3) is 7.25. The summed E-state index contributed by atoms with van der Waals surface area (Å²) in [4.78, 5) is 24.1. The molecule has 0 aliphatic rings. The second-order valence-electron chi connectivity index (χ2n) is 6.33. The Balaban J connectivity index is 1.43. The highest BCUT2D eigenvalue weighted by Crippen LogP contribution is 2.19. The molecule has 2 N–H and O–H groups in total. The maximum atomic E-state index is 12.1. The number of ether oxygens (including phenoxy) is 2. The van der Waals surface area contributed by atoms with E-state index in [0.29, 0.717) is 22.9 Å². The van der Waals surface area contributed by atoms with Crippen LogP contribution in [0.3, 0.4) is 0 Å². The molecule has 0 atom stereocenters. The summed E-state index contributed by atoms with van der Waals surface area (Å²) in [5, 5.41) is 5.55. The average Bonchev–Trinajstić information content (AvgIpc) is 2.73. The number of rotatable bonds is 9. The average molecular weight is 469 g/mol. The topological polar surface area (TPSA) is 76.7 Å². The van der Waals surface area contributed by atoms with Gasteiger partial charge in [-0.25, -0.2) is 0 Å². The summed E-state index contributed by atoms with van der Waals surface area (Å²) in [6.07, 6.45) is 0.205. The molecule has 2 amide bonds. The van der Waals surface area contributed by atoms with Crippen LogP contribution in [0.5, 0.6) is 11.5 Å². The molecule has 0 saturated carbocycles. The van der Waals surface area contributed by atoms with Crippen molar-refractivity contribution in [1.29, 1.82) is 0 Å². The fraction of sp³-hybridized carbons (Fsp3) is 0.130. The van der Waals surface area contributed by atoms with Crippen molar-refractivity contribution in [1.82, 2.24) is 0 Å². The molecule has 6 nitrogen and oxygen atoms in total. The lowest BCUT2D eigenvalue weighted by molar-refractivity contribution is -0.118. The van der Waals surface area contributed by atoms with Gasteiger partial charge in [0.2, 0.25) is 5.91 Å². The zero-order valence-corrected chi connectivity index (χ0v) is 17.7. The number of nitrogens with one attached hydrogen (secondary N) is 2. The minimum Gasteiger partial charge on any atom is -0.493 e. The van der Waals surface area contributed by atoms with Gasteiger partial charge in [0.15, 0.2) is 6.61 Å². The number of halogens is 1. The van der Waals surface area contributed by atoms with Crippen LogP contribution in [0.2, 0.25) is 0 Å². The first-order chi connectivity index (χ1) is 14.6. The van der Waals surface area contributed by atoms with Crippen molar-refractivity contribution in [2.45, 2.75) is 6.42 Å². The largest absolute Gasteiger partial charge is 0.493 e. The van der Waals surface area contributed by atoms with E-state index in [9.17, 15) is 9.59 Å². The van der Waals surface area contributed by atoms with Crippen LogP contribution in [0.4, 0.5) is 11.4 Å². The molecule has 0 heterocycles. The third-order valence-electron chi connectivity index (χ3n) is 3.94. The van der Waals surface area contributed by atoms with E-state index in [1.54, 1.807) is 36.4 Å². The Hall–Kier alpha value is -3.32. The molecule has 0 saturated heterocycles. The lowest BCUT2D eigenvalue weighted by Gasteiger charge is -2.10. The number of para-hydroxylation sites is 1. The minimum atomic E-state index is -0.264. The Morgan fingerprint density at radius 2 is 1.40 bits per heavy atom. The van der Waals surface area contributed by atoms with Crippen molar-refractivity contribution in [2.24, 2.45) is 0 Å². The van der Waals surface area contributed by atoms with E-state index in [2.05, 4.69) is 26.6 Å². The van der Waals surface area contributed by atoms with Crippen molar-refractivity contribution >= 4 is 39.1 Å². The lowest BCUT2D eigenvalue weighted by atomic mass is 10.3. The summed E-state index contributed by atoms with van der Waals surface area (Å²) >= 11 is 3.38. The molecule has 0 spiro atoms. The summed E-state index contributed by atoms with van der Waals surface area (Å²) in [6, 6.07) is 23.5. The number of hydrogen-bond donors (Lipinski definition) is 2. The number of carbonyl (C=O) groups excluding carboxylic acids is 2. The first-order valence-corrected chi connectivity index (χ1v) is 10.1. The van der Waals surface area contributed by atoms with Crippen LogP contribution in [-0.2, 0) is 9.59 Å². The van der Waals surface area contributed by atoms with Crippen LogP contribution >= 0.6 is 15.9 Å². The normalized spacial score (nSPS) is 10.2. The molecule has 154 valence electrons. The number of anilines is 2. The van der Waals surface area contributed by atoms with Crippen molar-refractivity contribution < 1.29 is 19.1 Å². The first kappa shape index (κ1) is 21.4. The zero-order valence-electron chi connectivity index (χ0n) is 16.1. The van der Waals surface area contributed by atoms with Gasteiger partial charge < -0.3 is 20.1 Å². The Labute approximate surface area is 183 Å². The van der Waals surface area contributed by atoms with E-state index in [1.165, 1.54) is 0 Å². The highest BCUT2D eigenvalue weighted by Gasteiger charge is 2.07. The van der Waals surface area contributed by atoms with Crippen LogP contribution in [0.25, 0.3) is 0 Å². The van der Waals surface area contributed by atoms with Crippen molar-refractivity contribution in [3.63, 3.8) is 0 Å². The van der Waals surface area contributed by atoms with Crippen LogP contribution in [0.15, 0.2) is 83.3 Å². The van der Waals surface area contributed by atoms with E-state index >= 15 is 0 Å². The monoisotopic (exact) mass is 468 g/mol. The lowest BCUT2D eigenvalue weighted by Crippen LogP contribution is -2.20. The third-order valence-corrected chi connectivity index (χ3v) is 4.43. The van der Waals surface area contributed by atoms with Crippen molar-refractivity contribution in [3.8, 4) is 11.5 Å². The highest BCUT2D eigenvalue weighted by atomic mass is 79.9. The molecule has 30 heavy (non-hydrogen) atoms. The standard InChI is InChI=1S/C23H21BrN2O4/c24-17-6-4-10-20(14-17)29-13-12-22(27)26-19-9-5-11-21(15-19)30-16-23(28)25-18-7-2-1-3-8-18/h1-11,14-15H,12-13,16H2,(H,25,28)(H,26,27). The molecule has 7 heteroatoms. The quantitative estimate of drug-likeness (QED) is 0.469. The molecule has 0 unspecified atom stereocenters. The molecule has 0 radical (unpaired) electrons. The van der Waals surface area contributed by atoms with Gasteiger partial charge in [0.05, 0.1) is 13.0 Å². The smallest absolute Gasteiger partial charge is 0.262 e. The molecule has 0 aromatic heterocycles. The van der Waals surface area contributed by atoms with Crippen LogP contribution < -0.4 is 20.1 Å². The number of amides is 2. The maximum absolute atomic E-state index is 12.1. The second kappa shape index (κ2) is 11.0. The Bertz CT molecular complexity index is 995. The Morgan fingerprint density at radius 3 is 2.17 bits per heavy atom. The van der Waals surface area contributed by atoms with Gasteiger partial charge in [0.1, 0.15) is 11.5 Å². The van der Waals surface area contributed by atoms with E-state index in [-0.39, 0.29) is 31.4 Å². The molecule has 0 aliphatic carbocycles. The molecule has 3 aromatic rings. The maximum Gasteiger partial charge on any atom is 0.262 e. The number of hydrogen-bond acceptors (Lipinski definition) is 4. The van der Waals surface area contributed by atoms with Gasteiger partial charge in [0, 0.05) is 21.9 Å². The first-order valence-electron chi connectivity index (χ1n) is 9.34. The van der Waals surface area contributed by atoms with Gasteiger partial charge in [-0.1, -0.05) is 46.3 Å². The van der Waals surface area contributed by atoms with Crippen molar-refractivity contribution in [3.05, 3.63) is 83.3 Å². The highest BCUT2D eigenvalue weighted by molar-refractivity contribution is 9.10. The van der Waals surface area contributed by atoms with E-state index in [4.69, 9.17) is 9.47 Å². The SMILES string of the molecule is O=C(CCOc1cccc(Br)c1)Nc1cccc(OCC(=O)Nc2ccccc2)c1. The van der Waals surface area contributed by atoms with E-state index < -0.39 is 0 Å². The molecular formula is C23H21BrN2O4. The number of carbonyl (C=O) groups is 2.